The first-order chi connectivity index (χ1) is 18.6. The maximum absolute atomic E-state index is 14.0. The van der Waals surface area contributed by atoms with Gasteiger partial charge in [-0.2, -0.15) is 0 Å². The molecule has 0 aliphatic carbocycles. The van der Waals surface area contributed by atoms with Gasteiger partial charge in [-0.3, -0.25) is 13.9 Å². The van der Waals surface area contributed by atoms with Crippen LogP contribution in [-0.4, -0.2) is 43.3 Å². The van der Waals surface area contributed by atoms with E-state index in [-0.39, 0.29) is 27.2 Å². The van der Waals surface area contributed by atoms with Crippen LogP contribution in [0.3, 0.4) is 0 Å². The van der Waals surface area contributed by atoms with Crippen LogP contribution >= 0.6 is 34.8 Å². The molecule has 0 heterocycles. The predicted octanol–water partition coefficient (Wildman–Crippen LogP) is 6.48. The summed E-state index contributed by atoms with van der Waals surface area (Å²) in [7, 11) is -4.27. The van der Waals surface area contributed by atoms with Crippen molar-refractivity contribution in [3.63, 3.8) is 0 Å². The lowest BCUT2D eigenvalue weighted by Gasteiger charge is -2.33. The number of aryl methyl sites for hydroxylation is 1. The SMILES string of the molecule is Cc1ccc(S(=O)(=O)N(CC(=O)N(Cc2cccc(Cl)c2)C(C)C(=O)NC(C)(C)C)c2cc(Cl)ccc2Cl)cc1. The van der Waals surface area contributed by atoms with Crippen molar-refractivity contribution in [1.82, 2.24) is 10.2 Å². The molecule has 0 aromatic heterocycles. The third-order valence-electron chi connectivity index (χ3n) is 5.97. The number of rotatable bonds is 9. The van der Waals surface area contributed by atoms with Crippen LogP contribution in [0.2, 0.25) is 15.1 Å². The van der Waals surface area contributed by atoms with Crippen molar-refractivity contribution >= 4 is 62.3 Å². The summed E-state index contributed by atoms with van der Waals surface area (Å²) in [5.74, 6) is -1.01. The second kappa shape index (κ2) is 12.8. The summed E-state index contributed by atoms with van der Waals surface area (Å²) in [4.78, 5) is 28.4. The third kappa shape index (κ3) is 8.13. The Morgan fingerprint density at radius 2 is 1.55 bits per heavy atom. The zero-order valence-electron chi connectivity index (χ0n) is 22.9. The molecule has 0 aliphatic rings. The van der Waals surface area contributed by atoms with E-state index < -0.39 is 40.0 Å². The van der Waals surface area contributed by atoms with E-state index in [2.05, 4.69) is 5.32 Å². The Bertz CT molecular complexity index is 1490. The molecule has 0 aliphatic heterocycles. The van der Waals surface area contributed by atoms with Gasteiger partial charge in [0.1, 0.15) is 12.6 Å². The smallest absolute Gasteiger partial charge is 0.264 e. The molecule has 2 amide bonds. The van der Waals surface area contributed by atoms with Gasteiger partial charge in [-0.05, 0) is 82.6 Å². The van der Waals surface area contributed by atoms with Gasteiger partial charge in [0.15, 0.2) is 0 Å². The van der Waals surface area contributed by atoms with Gasteiger partial charge in [0.05, 0.1) is 15.6 Å². The number of carbonyl (C=O) groups is 2. The fourth-order valence-electron chi connectivity index (χ4n) is 3.92. The van der Waals surface area contributed by atoms with E-state index in [4.69, 9.17) is 34.8 Å². The molecule has 214 valence electrons. The van der Waals surface area contributed by atoms with Gasteiger partial charge in [-0.15, -0.1) is 0 Å². The summed E-state index contributed by atoms with van der Waals surface area (Å²) in [5, 5.41) is 3.68. The average molecular weight is 625 g/mol. The van der Waals surface area contributed by atoms with Gasteiger partial charge in [-0.25, -0.2) is 8.42 Å². The predicted molar refractivity (Wildman–Crippen MR) is 162 cm³/mol. The molecule has 0 fully saturated rings. The van der Waals surface area contributed by atoms with E-state index in [1.165, 1.54) is 35.2 Å². The van der Waals surface area contributed by atoms with Gasteiger partial charge >= 0.3 is 0 Å². The quantitative estimate of drug-likeness (QED) is 0.295. The topological polar surface area (TPSA) is 86.8 Å². The summed E-state index contributed by atoms with van der Waals surface area (Å²) in [6.07, 6.45) is 0. The first-order valence-electron chi connectivity index (χ1n) is 12.5. The molecule has 3 aromatic rings. The summed E-state index contributed by atoms with van der Waals surface area (Å²) < 4.78 is 28.8. The largest absolute Gasteiger partial charge is 0.350 e. The lowest BCUT2D eigenvalue weighted by molar-refractivity contribution is -0.140. The molecule has 0 bridgehead atoms. The number of sulfonamides is 1. The van der Waals surface area contributed by atoms with E-state index in [0.29, 0.717) is 10.6 Å². The van der Waals surface area contributed by atoms with E-state index in [1.54, 1.807) is 43.3 Å². The number of benzene rings is 3. The Morgan fingerprint density at radius 1 is 0.925 bits per heavy atom. The highest BCUT2D eigenvalue weighted by atomic mass is 35.5. The van der Waals surface area contributed by atoms with Crippen molar-refractivity contribution in [2.45, 2.75) is 57.6 Å². The number of hydrogen-bond acceptors (Lipinski definition) is 4. The van der Waals surface area contributed by atoms with Crippen LogP contribution in [0.25, 0.3) is 0 Å². The van der Waals surface area contributed by atoms with Gasteiger partial charge in [0, 0.05) is 22.1 Å². The summed E-state index contributed by atoms with van der Waals surface area (Å²) >= 11 is 18.8. The Morgan fingerprint density at radius 3 is 2.15 bits per heavy atom. The molecule has 11 heteroatoms. The van der Waals surface area contributed by atoms with Crippen LogP contribution < -0.4 is 9.62 Å². The molecule has 0 radical (unpaired) electrons. The lowest BCUT2D eigenvalue weighted by Crippen LogP contribution is -2.54. The molecular formula is C29H32Cl3N3O4S. The number of hydrogen-bond donors (Lipinski definition) is 1. The standard InChI is InChI=1S/C29H32Cl3N3O4S/c1-19-9-12-24(13-10-19)40(38,39)35(26-16-23(31)11-14-25(26)32)18-27(36)34(17-21-7-6-8-22(30)15-21)20(2)28(37)33-29(3,4)5/h6-16,20H,17-18H2,1-5H3,(H,33,37). The normalized spacial score (nSPS) is 12.5. The number of nitrogens with one attached hydrogen (secondary N) is 1. The molecule has 3 rings (SSSR count). The minimum Gasteiger partial charge on any atom is -0.350 e. The Balaban J connectivity index is 2.08. The van der Waals surface area contributed by atoms with E-state index >= 15 is 0 Å². The van der Waals surface area contributed by atoms with Crippen molar-refractivity contribution in [2.24, 2.45) is 0 Å². The minimum absolute atomic E-state index is 0.0137. The highest BCUT2D eigenvalue weighted by Crippen LogP contribution is 2.33. The number of amides is 2. The van der Waals surface area contributed by atoms with Gasteiger partial charge < -0.3 is 10.2 Å². The second-order valence-corrected chi connectivity index (χ2v) is 13.6. The van der Waals surface area contributed by atoms with Gasteiger partial charge in [0.25, 0.3) is 10.0 Å². The number of halogens is 3. The van der Waals surface area contributed by atoms with Crippen molar-refractivity contribution in [2.75, 3.05) is 10.8 Å². The maximum Gasteiger partial charge on any atom is 0.264 e. The Kier molecular flexibility index (Phi) is 10.2. The molecule has 1 N–H and O–H groups in total. The zero-order chi connectivity index (χ0) is 29.8. The molecule has 40 heavy (non-hydrogen) atoms. The Labute approximate surface area is 251 Å². The molecule has 1 unspecified atom stereocenters. The van der Waals surface area contributed by atoms with Crippen molar-refractivity contribution in [1.29, 1.82) is 0 Å². The van der Waals surface area contributed by atoms with Gasteiger partial charge in [-0.1, -0.05) is 64.6 Å². The average Bonchev–Trinajstić information content (AvgIpc) is 2.86. The summed E-state index contributed by atoms with van der Waals surface area (Å²) in [5.41, 5.74) is 1.03. The number of nitrogens with zero attached hydrogens (tertiary/aromatic N) is 2. The molecule has 1 atom stereocenters. The van der Waals surface area contributed by atoms with Crippen LogP contribution in [0, 0.1) is 6.92 Å². The van der Waals surface area contributed by atoms with Crippen LogP contribution in [0.4, 0.5) is 5.69 Å². The highest BCUT2D eigenvalue weighted by Gasteiger charge is 2.34. The van der Waals surface area contributed by atoms with Gasteiger partial charge in [0.2, 0.25) is 11.8 Å². The van der Waals surface area contributed by atoms with Crippen LogP contribution in [-0.2, 0) is 26.2 Å². The van der Waals surface area contributed by atoms with Crippen LogP contribution in [0.5, 0.6) is 0 Å². The first kappa shape index (κ1) is 31.7. The van der Waals surface area contributed by atoms with E-state index in [9.17, 15) is 18.0 Å². The van der Waals surface area contributed by atoms with Crippen LogP contribution in [0.1, 0.15) is 38.8 Å². The molecule has 0 saturated carbocycles. The summed E-state index contributed by atoms with van der Waals surface area (Å²) in [6.45, 7) is 8.30. The molecule has 3 aromatic carbocycles. The van der Waals surface area contributed by atoms with Crippen LogP contribution in [0.15, 0.2) is 71.6 Å². The number of carbonyl (C=O) groups excluding carboxylic acids is 2. The minimum atomic E-state index is -4.27. The number of anilines is 1. The van der Waals surface area contributed by atoms with Crippen molar-refractivity contribution < 1.29 is 18.0 Å². The van der Waals surface area contributed by atoms with Crippen molar-refractivity contribution in [3.05, 3.63) is 92.9 Å². The highest BCUT2D eigenvalue weighted by molar-refractivity contribution is 7.92. The van der Waals surface area contributed by atoms with E-state index in [1.807, 2.05) is 27.7 Å². The second-order valence-electron chi connectivity index (χ2n) is 10.5. The summed E-state index contributed by atoms with van der Waals surface area (Å²) in [6, 6.07) is 16.6. The van der Waals surface area contributed by atoms with Crippen molar-refractivity contribution in [3.8, 4) is 0 Å². The third-order valence-corrected chi connectivity index (χ3v) is 8.54. The Hall–Kier alpha value is -2.78. The zero-order valence-corrected chi connectivity index (χ0v) is 26.0. The fraction of sp³-hybridized carbons (Fsp3) is 0.310. The molecular weight excluding hydrogens is 593 g/mol. The molecule has 0 saturated heterocycles. The van der Waals surface area contributed by atoms with E-state index in [0.717, 1.165) is 9.87 Å². The lowest BCUT2D eigenvalue weighted by atomic mass is 10.1. The first-order valence-corrected chi connectivity index (χ1v) is 15.1. The monoisotopic (exact) mass is 623 g/mol. The molecule has 7 nitrogen and oxygen atoms in total. The molecule has 0 spiro atoms. The fourth-order valence-corrected chi connectivity index (χ4v) is 5.99. The maximum atomic E-state index is 14.0.